The van der Waals surface area contributed by atoms with Crippen LogP contribution in [0, 0.1) is 5.82 Å². The summed E-state index contributed by atoms with van der Waals surface area (Å²) < 4.78 is 58.4. The van der Waals surface area contributed by atoms with E-state index >= 15 is 4.79 Å². The maximum absolute atomic E-state index is 15.3. The first-order chi connectivity index (χ1) is 28.9. The molecule has 0 spiro atoms. The molecule has 63 heavy (non-hydrogen) atoms. The Morgan fingerprint density at radius 2 is 1.22 bits per heavy atom. The van der Waals surface area contributed by atoms with Gasteiger partial charge >= 0.3 is 6.18 Å². The van der Waals surface area contributed by atoms with E-state index in [4.69, 9.17) is 4.98 Å². The molecule has 0 bridgehead atoms. The summed E-state index contributed by atoms with van der Waals surface area (Å²) in [7, 11) is 31.8. The van der Waals surface area contributed by atoms with Gasteiger partial charge in [-0.1, -0.05) is 97.1 Å². The molecule has 1 aromatic heterocycles. The Kier molecular flexibility index (Phi) is 14.6. The van der Waals surface area contributed by atoms with Gasteiger partial charge in [0.15, 0.2) is 5.16 Å². The molecule has 4 aromatic rings. The van der Waals surface area contributed by atoms with Crippen LogP contribution in [0.4, 0.5) is 17.6 Å². The Morgan fingerprint density at radius 3 is 1.68 bits per heavy atom. The number of thioether (sulfide) groups is 1. The van der Waals surface area contributed by atoms with Crippen LogP contribution >= 0.6 is 11.8 Å². The number of nitrogens with zero attached hydrogens (tertiary/aromatic N) is 4. The number of fused-ring (bicyclic) bond motifs is 1. The van der Waals surface area contributed by atoms with Gasteiger partial charge in [0.1, 0.15) is 122 Å². The standard InChI is InChI=1S/C36H54B16F4N4O2S/c1-3-58(4-2)9-10-59(11-15-21(37)23(39)17(24(40)22(15)38)18-25(41)27(43)19(35(54,55)56)28(44)26(18)42)16(61)12-60-29-20(32(45,46)36(51,52)33(29,47)48)30(62)57-31(60)63-34(49,50)13-5-7-14(53)8-6-13/h5-8H,3-4,9-12,37-52H2,1-2H3. The minimum atomic E-state index is -4.46. The van der Waals surface area contributed by atoms with Crippen molar-refractivity contribution in [1.82, 2.24) is 19.4 Å². The van der Waals surface area contributed by atoms with Gasteiger partial charge < -0.3 is 14.4 Å². The number of alkyl halides is 3. The van der Waals surface area contributed by atoms with Crippen LogP contribution in [0.2, 0.25) is 5.21 Å². The highest BCUT2D eigenvalue weighted by Crippen LogP contribution is 2.57. The number of aromatic nitrogens is 2. The van der Waals surface area contributed by atoms with Crippen molar-refractivity contribution in [3.05, 3.63) is 68.4 Å². The van der Waals surface area contributed by atoms with Crippen molar-refractivity contribution in [3.63, 3.8) is 0 Å². The molecule has 1 aliphatic rings. The third-order valence-electron chi connectivity index (χ3n) is 15.9. The van der Waals surface area contributed by atoms with Crippen LogP contribution in [-0.2, 0) is 39.0 Å². The number of carbonyl (C=O) groups is 1. The molecule has 312 valence electrons. The lowest BCUT2D eigenvalue weighted by molar-refractivity contribution is -0.136. The molecule has 0 radical (unpaired) electrons. The first-order valence-corrected chi connectivity index (χ1v) is 23.1. The lowest BCUT2D eigenvalue weighted by Crippen LogP contribution is -2.53. The number of halogens is 4. The number of benzene rings is 3. The molecule has 5 rings (SSSR count). The van der Waals surface area contributed by atoms with E-state index in [0.29, 0.717) is 41.3 Å². The maximum atomic E-state index is 15.3. The maximum Gasteiger partial charge on any atom is 0.415 e. The van der Waals surface area contributed by atoms with Crippen LogP contribution in [0.25, 0.3) is 11.1 Å². The second-order valence-corrected chi connectivity index (χ2v) is 21.5. The van der Waals surface area contributed by atoms with Gasteiger partial charge in [-0.2, -0.15) is 18.2 Å². The Hall–Kier alpha value is -2.92. The normalized spacial score (nSPS) is 15.3. The third kappa shape index (κ3) is 8.90. The Morgan fingerprint density at radius 1 is 0.746 bits per heavy atom. The van der Waals surface area contributed by atoms with Crippen molar-refractivity contribution >= 4 is 187 Å². The molecule has 1 aliphatic carbocycles. The number of rotatable bonds is 13. The van der Waals surface area contributed by atoms with Gasteiger partial charge in [0.25, 0.3) is 5.56 Å². The van der Waals surface area contributed by atoms with Crippen LogP contribution in [-0.4, -0.2) is 177 Å². The molecule has 1 heterocycles. The molecule has 27 heteroatoms. The zero-order chi connectivity index (χ0) is 47.7. The number of hydrogen-bond donors (Lipinski definition) is 0. The number of hydrogen-bond acceptors (Lipinski definition) is 5. The number of amides is 1. The zero-order valence-corrected chi connectivity index (χ0v) is 41.9. The lowest BCUT2D eigenvalue weighted by Gasteiger charge is -2.45. The minimum absolute atomic E-state index is 0.0536. The van der Waals surface area contributed by atoms with E-state index in [0.717, 1.165) is 62.9 Å². The molecular formula is C36H54B16F4N4O2S. The van der Waals surface area contributed by atoms with Gasteiger partial charge in [0.05, 0.1) is 15.7 Å². The van der Waals surface area contributed by atoms with E-state index in [-0.39, 0.29) is 34.8 Å². The topological polar surface area (TPSA) is 58.4 Å². The monoisotopic (exact) mass is 859 g/mol. The van der Waals surface area contributed by atoms with Crippen molar-refractivity contribution in [2.24, 2.45) is 0 Å². The van der Waals surface area contributed by atoms with Gasteiger partial charge in [0, 0.05) is 36.5 Å². The molecule has 0 saturated heterocycles. The smallest absolute Gasteiger partial charge is 0.336 e. The first kappa shape index (κ1) is 51.1. The molecule has 0 N–H and O–H groups in total. The Balaban J connectivity index is 1.70. The zero-order valence-electron chi connectivity index (χ0n) is 41.1. The summed E-state index contributed by atoms with van der Waals surface area (Å²) in [5, 5.41) is -1.07. The summed E-state index contributed by atoms with van der Waals surface area (Å²) in [6.45, 7) is 7.24. The van der Waals surface area contributed by atoms with Crippen molar-refractivity contribution in [2.75, 3.05) is 26.2 Å². The van der Waals surface area contributed by atoms with Gasteiger partial charge in [-0.3, -0.25) is 9.59 Å². The molecule has 3 aromatic carbocycles. The van der Waals surface area contributed by atoms with Crippen LogP contribution in [0.5, 0.6) is 0 Å². The fourth-order valence-electron chi connectivity index (χ4n) is 10.1. The average Bonchev–Trinajstić information content (AvgIpc) is 3.29. The van der Waals surface area contributed by atoms with Gasteiger partial charge in [0.2, 0.25) is 5.91 Å². The summed E-state index contributed by atoms with van der Waals surface area (Å²) in [6.07, 6.45) is -4.46. The molecule has 1 amide bonds. The van der Waals surface area contributed by atoms with E-state index in [9.17, 15) is 22.4 Å². The van der Waals surface area contributed by atoms with Crippen molar-refractivity contribution < 1.29 is 22.4 Å². The summed E-state index contributed by atoms with van der Waals surface area (Å²) in [6, 6.07) is 6.36. The second kappa shape index (κ2) is 18.0. The molecule has 6 nitrogen and oxygen atoms in total. The molecular weight excluding hydrogens is 801 g/mol. The lowest BCUT2D eigenvalue weighted by atomic mass is 9.20. The molecule has 0 saturated carbocycles. The van der Waals surface area contributed by atoms with Gasteiger partial charge in [-0.25, -0.2) is 4.39 Å². The molecule has 0 atom stereocenters. The fourth-order valence-corrected chi connectivity index (χ4v) is 11.2. The van der Waals surface area contributed by atoms with Crippen LogP contribution in [0.15, 0.2) is 34.2 Å². The predicted octanol–water partition coefficient (Wildman–Crippen LogP) is -15.1. The number of likely N-dealkylation sites (N-methyl/N-ethyl adjacent to an activating group) is 1. The van der Waals surface area contributed by atoms with Gasteiger partial charge in [-0.05, 0) is 52.0 Å². The van der Waals surface area contributed by atoms with E-state index < -0.39 is 31.9 Å². The van der Waals surface area contributed by atoms with Crippen LogP contribution in [0.1, 0.15) is 41.8 Å². The number of carbonyl (C=O) groups excluding carboxylic acids is 1. The van der Waals surface area contributed by atoms with Crippen molar-refractivity contribution in [2.45, 2.75) is 58.5 Å². The van der Waals surface area contributed by atoms with Crippen LogP contribution < -0.4 is 49.3 Å². The summed E-state index contributed by atoms with van der Waals surface area (Å²) in [5.74, 6) is -0.456. The summed E-state index contributed by atoms with van der Waals surface area (Å²) >= 11 is 1.40. The van der Waals surface area contributed by atoms with Crippen molar-refractivity contribution in [1.29, 1.82) is 0 Å². The third-order valence-corrected chi connectivity index (χ3v) is 17.1. The largest absolute Gasteiger partial charge is 0.415 e. The van der Waals surface area contributed by atoms with E-state index in [1.54, 1.807) is 43.5 Å². The average molecular weight is 856 g/mol. The van der Waals surface area contributed by atoms with E-state index in [1.807, 2.05) is 40.9 Å². The van der Waals surface area contributed by atoms with Crippen molar-refractivity contribution in [3.8, 4) is 11.1 Å². The van der Waals surface area contributed by atoms with E-state index in [2.05, 4.69) is 81.5 Å². The first-order valence-electron chi connectivity index (χ1n) is 22.3. The molecule has 0 aliphatic heterocycles. The van der Waals surface area contributed by atoms with Gasteiger partial charge in [-0.15, -0.1) is 0 Å². The second-order valence-electron chi connectivity index (χ2n) is 19.9. The fraction of sp³-hybridized carbons (Fsp3) is 0.361. The summed E-state index contributed by atoms with van der Waals surface area (Å²) in [4.78, 5) is 38.7. The molecule has 0 unspecified atom stereocenters. The highest BCUT2D eigenvalue weighted by Gasteiger charge is 2.58. The summed E-state index contributed by atoms with van der Waals surface area (Å²) in [5.41, 5.74) is 9.87. The quantitative estimate of drug-likeness (QED) is 0.0580. The SMILES string of the molecule is Bc1c(B)c(-c2c(B)c(B)c(C(F)(F)F)c(B)c2B)c(B)c(B)c1CN(CCN(CC)CC)C(=O)Cn1c(SC(B)(B)c2ccc(F)cc2)nc(=O)c2c1C(B)(B)C(B)(B)C2(B)B. The Bertz CT molecular complexity index is 2480. The van der Waals surface area contributed by atoms with Crippen LogP contribution in [0.3, 0.4) is 0 Å². The minimum Gasteiger partial charge on any atom is -0.336 e. The molecule has 0 fully saturated rings. The Labute approximate surface area is 390 Å². The van der Waals surface area contributed by atoms with E-state index in [1.165, 1.54) is 23.9 Å². The highest BCUT2D eigenvalue weighted by atomic mass is 32.2. The highest BCUT2D eigenvalue weighted by molar-refractivity contribution is 8.02. The predicted molar refractivity (Wildman–Crippen MR) is 302 cm³/mol.